The number of rotatable bonds is 7. The second-order valence-corrected chi connectivity index (χ2v) is 7.48. The van der Waals surface area contributed by atoms with Gasteiger partial charge >= 0.3 is 5.69 Å². The molecule has 0 saturated carbocycles. The number of anilines is 1. The lowest BCUT2D eigenvalue weighted by molar-refractivity contribution is 0.355. The number of aryl methyl sites for hydroxylation is 2. The first-order valence-corrected chi connectivity index (χ1v) is 10.2. The molecule has 0 spiro atoms. The number of fused-ring (bicyclic) bond motifs is 1. The van der Waals surface area contributed by atoms with Gasteiger partial charge in [-0.3, -0.25) is 18.9 Å². The molecule has 0 bridgehead atoms. The summed E-state index contributed by atoms with van der Waals surface area (Å²) in [6.07, 6.45) is 1.60. The van der Waals surface area contributed by atoms with Gasteiger partial charge in [0.15, 0.2) is 22.7 Å². The number of H-pyrrole nitrogens is 1. The standard InChI is InChI=1S/C23H24N6O4/c1-14-5-7-15(8-6-14)13-29-19-20(28(2)23(31)26-21(19)30)25-22(29)27-24-12-16-9-10-17(32-3)18(11-16)33-4/h5-12H,13H2,1-4H3,(H,25,27)(H,26,30,31). The first kappa shape index (κ1) is 21.9. The monoisotopic (exact) mass is 448 g/mol. The molecule has 0 aliphatic heterocycles. The van der Waals surface area contributed by atoms with Gasteiger partial charge in [-0.25, -0.2) is 10.2 Å². The van der Waals surface area contributed by atoms with E-state index in [0.717, 1.165) is 16.7 Å². The van der Waals surface area contributed by atoms with Crippen LogP contribution in [0.5, 0.6) is 11.5 Å². The van der Waals surface area contributed by atoms with E-state index in [2.05, 4.69) is 20.5 Å². The fraction of sp³-hybridized carbons (Fsp3) is 0.217. The molecule has 0 amide bonds. The Morgan fingerprint density at radius 2 is 1.82 bits per heavy atom. The normalized spacial score (nSPS) is 11.3. The summed E-state index contributed by atoms with van der Waals surface area (Å²) in [7, 11) is 4.69. The van der Waals surface area contributed by atoms with Gasteiger partial charge in [0, 0.05) is 7.05 Å². The largest absolute Gasteiger partial charge is 0.493 e. The summed E-state index contributed by atoms with van der Waals surface area (Å²) in [6, 6.07) is 13.3. The number of imidazole rings is 1. The molecule has 0 aliphatic carbocycles. The number of nitrogens with zero attached hydrogens (tertiary/aromatic N) is 4. The molecule has 10 heteroatoms. The molecule has 0 saturated heterocycles. The summed E-state index contributed by atoms with van der Waals surface area (Å²) in [5.74, 6) is 1.52. The predicted octanol–water partition coefficient (Wildman–Crippen LogP) is 2.24. The van der Waals surface area contributed by atoms with Crippen LogP contribution in [0.2, 0.25) is 0 Å². The Bertz CT molecular complexity index is 1450. The van der Waals surface area contributed by atoms with Crippen LogP contribution in [0, 0.1) is 6.92 Å². The van der Waals surface area contributed by atoms with E-state index in [4.69, 9.17) is 9.47 Å². The van der Waals surface area contributed by atoms with Crippen molar-refractivity contribution in [3.8, 4) is 11.5 Å². The number of benzene rings is 2. The van der Waals surface area contributed by atoms with Crippen molar-refractivity contribution >= 4 is 23.3 Å². The maximum atomic E-state index is 12.6. The van der Waals surface area contributed by atoms with Crippen LogP contribution in [0.25, 0.3) is 11.2 Å². The molecule has 0 fully saturated rings. The molecule has 170 valence electrons. The third kappa shape index (κ3) is 4.36. The molecule has 33 heavy (non-hydrogen) atoms. The second kappa shape index (κ2) is 9.03. The second-order valence-electron chi connectivity index (χ2n) is 7.48. The van der Waals surface area contributed by atoms with Gasteiger partial charge in [0.05, 0.1) is 27.0 Å². The van der Waals surface area contributed by atoms with E-state index in [9.17, 15) is 9.59 Å². The van der Waals surface area contributed by atoms with Crippen LogP contribution < -0.4 is 26.1 Å². The molecule has 2 heterocycles. The molecular weight excluding hydrogens is 424 g/mol. The summed E-state index contributed by atoms with van der Waals surface area (Å²) in [4.78, 5) is 31.5. The van der Waals surface area contributed by atoms with Crippen molar-refractivity contribution in [2.75, 3.05) is 19.6 Å². The van der Waals surface area contributed by atoms with Crippen molar-refractivity contribution in [3.63, 3.8) is 0 Å². The van der Waals surface area contributed by atoms with Gasteiger partial charge in [-0.15, -0.1) is 0 Å². The summed E-state index contributed by atoms with van der Waals surface area (Å²) < 4.78 is 13.6. The average Bonchev–Trinajstić information content (AvgIpc) is 3.17. The Morgan fingerprint density at radius 3 is 2.52 bits per heavy atom. The van der Waals surface area contributed by atoms with Crippen LogP contribution in [0.15, 0.2) is 57.2 Å². The minimum absolute atomic E-state index is 0.264. The van der Waals surface area contributed by atoms with Crippen LogP contribution in [0.3, 0.4) is 0 Å². The molecule has 4 rings (SSSR count). The maximum absolute atomic E-state index is 12.6. The zero-order valence-electron chi connectivity index (χ0n) is 18.7. The highest BCUT2D eigenvalue weighted by atomic mass is 16.5. The molecule has 10 nitrogen and oxygen atoms in total. The summed E-state index contributed by atoms with van der Waals surface area (Å²) >= 11 is 0. The zero-order chi connectivity index (χ0) is 23.5. The quantitative estimate of drug-likeness (QED) is 0.331. The Labute approximate surface area is 189 Å². The van der Waals surface area contributed by atoms with Crippen molar-refractivity contribution in [2.45, 2.75) is 13.5 Å². The highest BCUT2D eigenvalue weighted by Gasteiger charge is 2.17. The molecule has 2 aromatic heterocycles. The van der Waals surface area contributed by atoms with E-state index in [1.807, 2.05) is 37.3 Å². The first-order valence-electron chi connectivity index (χ1n) is 10.2. The molecule has 4 aromatic rings. The van der Waals surface area contributed by atoms with Crippen LogP contribution >= 0.6 is 0 Å². The Hall–Kier alpha value is -4.34. The first-order chi connectivity index (χ1) is 15.9. The van der Waals surface area contributed by atoms with E-state index >= 15 is 0 Å². The topological polar surface area (TPSA) is 116 Å². The van der Waals surface area contributed by atoms with E-state index in [-0.39, 0.29) is 11.2 Å². The SMILES string of the molecule is COc1ccc(C=NNc2nc3c(c(=O)[nH]c(=O)n3C)n2Cc2ccc(C)cc2)cc1OC. The van der Waals surface area contributed by atoms with E-state index < -0.39 is 11.2 Å². The number of hydrogen-bond donors (Lipinski definition) is 2. The number of aromatic nitrogens is 4. The fourth-order valence-electron chi connectivity index (χ4n) is 3.45. The van der Waals surface area contributed by atoms with Crippen LogP contribution in [-0.2, 0) is 13.6 Å². The molecular formula is C23H24N6O4. The van der Waals surface area contributed by atoms with Crippen molar-refractivity contribution in [1.29, 1.82) is 0 Å². The van der Waals surface area contributed by atoms with Crippen molar-refractivity contribution < 1.29 is 9.47 Å². The number of nitrogens with one attached hydrogen (secondary N) is 2. The van der Waals surface area contributed by atoms with Gasteiger partial charge in [0.2, 0.25) is 5.95 Å². The number of hydrazone groups is 1. The Balaban J connectivity index is 1.73. The third-order valence-corrected chi connectivity index (χ3v) is 5.25. The molecule has 2 aromatic carbocycles. The van der Waals surface area contributed by atoms with E-state index in [1.165, 1.54) is 4.57 Å². The highest BCUT2D eigenvalue weighted by molar-refractivity contribution is 5.82. The summed E-state index contributed by atoms with van der Waals surface area (Å²) in [5, 5.41) is 4.28. The minimum atomic E-state index is -0.534. The number of ether oxygens (including phenoxy) is 2. The van der Waals surface area contributed by atoms with Crippen molar-refractivity contribution in [3.05, 3.63) is 80.0 Å². The minimum Gasteiger partial charge on any atom is -0.493 e. The molecule has 2 N–H and O–H groups in total. The number of hydrogen-bond acceptors (Lipinski definition) is 7. The lowest BCUT2D eigenvalue weighted by Crippen LogP contribution is -2.29. The van der Waals surface area contributed by atoms with Crippen molar-refractivity contribution in [1.82, 2.24) is 19.1 Å². The highest BCUT2D eigenvalue weighted by Crippen LogP contribution is 2.27. The van der Waals surface area contributed by atoms with E-state index in [1.54, 1.807) is 44.2 Å². The van der Waals surface area contributed by atoms with Gasteiger partial charge in [-0.2, -0.15) is 10.1 Å². The maximum Gasteiger partial charge on any atom is 0.329 e. The molecule has 0 radical (unpaired) electrons. The van der Waals surface area contributed by atoms with Crippen LogP contribution in [-0.4, -0.2) is 39.5 Å². The van der Waals surface area contributed by atoms with Crippen LogP contribution in [0.1, 0.15) is 16.7 Å². The fourth-order valence-corrected chi connectivity index (χ4v) is 3.45. The smallest absolute Gasteiger partial charge is 0.329 e. The van der Waals surface area contributed by atoms with Gasteiger partial charge in [-0.05, 0) is 36.2 Å². The lowest BCUT2D eigenvalue weighted by atomic mass is 10.1. The summed E-state index contributed by atoms with van der Waals surface area (Å²) in [6.45, 7) is 2.37. The molecule has 0 aliphatic rings. The number of methoxy groups -OCH3 is 2. The lowest BCUT2D eigenvalue weighted by Gasteiger charge is -2.09. The van der Waals surface area contributed by atoms with Gasteiger partial charge in [-0.1, -0.05) is 29.8 Å². The Kier molecular flexibility index (Phi) is 5.99. The third-order valence-electron chi connectivity index (χ3n) is 5.25. The molecule has 0 atom stereocenters. The van der Waals surface area contributed by atoms with Gasteiger partial charge in [0.1, 0.15) is 0 Å². The van der Waals surface area contributed by atoms with Gasteiger partial charge < -0.3 is 9.47 Å². The zero-order valence-corrected chi connectivity index (χ0v) is 18.7. The van der Waals surface area contributed by atoms with Gasteiger partial charge in [0.25, 0.3) is 5.56 Å². The average molecular weight is 448 g/mol. The van der Waals surface area contributed by atoms with E-state index in [0.29, 0.717) is 24.0 Å². The van der Waals surface area contributed by atoms with Crippen molar-refractivity contribution in [2.24, 2.45) is 12.1 Å². The summed E-state index contributed by atoms with van der Waals surface area (Å²) in [5.41, 5.74) is 5.28. The molecule has 0 unspecified atom stereocenters. The number of aromatic amines is 1. The predicted molar refractivity (Wildman–Crippen MR) is 127 cm³/mol. The van der Waals surface area contributed by atoms with Crippen LogP contribution in [0.4, 0.5) is 5.95 Å². The Morgan fingerprint density at radius 1 is 1.09 bits per heavy atom.